The molecule has 3 heteroatoms. The third kappa shape index (κ3) is 1.37. The lowest BCUT2D eigenvalue weighted by atomic mass is 10.0. The van der Waals surface area contributed by atoms with E-state index in [-0.39, 0.29) is 12.2 Å². The Balaban J connectivity index is 2.26. The van der Waals surface area contributed by atoms with Gasteiger partial charge in [-0.3, -0.25) is 0 Å². The summed E-state index contributed by atoms with van der Waals surface area (Å²) in [6.45, 7) is 5.16. The zero-order valence-electron chi connectivity index (χ0n) is 5.88. The summed E-state index contributed by atoms with van der Waals surface area (Å²) in [6, 6.07) is 0. The normalized spacial score (nSPS) is 21.7. The Hall–Kier alpha value is -0.380. The molecule has 0 bridgehead atoms. The second-order valence-corrected chi connectivity index (χ2v) is 2.33. The number of ether oxygens (including phenoxy) is 2. The van der Waals surface area contributed by atoms with Crippen LogP contribution >= 0.6 is 0 Å². The lowest BCUT2D eigenvalue weighted by molar-refractivity contribution is -0.184. The van der Waals surface area contributed by atoms with Crippen molar-refractivity contribution in [2.24, 2.45) is 0 Å². The Morgan fingerprint density at radius 3 is 2.70 bits per heavy atom. The van der Waals surface area contributed by atoms with E-state index in [1.807, 2.05) is 0 Å². The summed E-state index contributed by atoms with van der Waals surface area (Å²) >= 11 is 0. The summed E-state index contributed by atoms with van der Waals surface area (Å²) in [6.07, 6.45) is 1.73. The summed E-state index contributed by atoms with van der Waals surface area (Å²) in [5.74, 6) is 0. The van der Waals surface area contributed by atoms with Gasteiger partial charge in [0.1, 0.15) is 5.60 Å². The number of hydrogen-bond acceptors (Lipinski definition) is 3. The maximum Gasteiger partial charge on any atom is 0.132 e. The maximum atomic E-state index is 8.44. The van der Waals surface area contributed by atoms with Crippen LogP contribution in [0.2, 0.25) is 0 Å². The topological polar surface area (TPSA) is 38.7 Å². The minimum Gasteiger partial charge on any atom is -0.394 e. The van der Waals surface area contributed by atoms with Gasteiger partial charge in [0, 0.05) is 0 Å². The SMILES string of the molecule is C=CC1(OCCO)COC1. The molecule has 1 fully saturated rings. The Kier molecular flexibility index (Phi) is 2.43. The minimum atomic E-state index is -0.303. The molecule has 0 amide bonds. The summed E-state index contributed by atoms with van der Waals surface area (Å²) in [7, 11) is 0. The van der Waals surface area contributed by atoms with Gasteiger partial charge < -0.3 is 14.6 Å². The van der Waals surface area contributed by atoms with Crippen molar-refractivity contribution < 1.29 is 14.6 Å². The summed E-state index contributed by atoms with van der Waals surface area (Å²) in [5.41, 5.74) is -0.303. The minimum absolute atomic E-state index is 0.0512. The van der Waals surface area contributed by atoms with Crippen molar-refractivity contribution in [3.8, 4) is 0 Å². The highest BCUT2D eigenvalue weighted by Crippen LogP contribution is 2.22. The first-order chi connectivity index (χ1) is 4.83. The van der Waals surface area contributed by atoms with Crippen molar-refractivity contribution in [2.45, 2.75) is 5.60 Å². The number of aliphatic hydroxyl groups is 1. The van der Waals surface area contributed by atoms with Crippen molar-refractivity contribution >= 4 is 0 Å². The molecule has 0 unspecified atom stereocenters. The van der Waals surface area contributed by atoms with Crippen molar-refractivity contribution in [3.05, 3.63) is 12.7 Å². The van der Waals surface area contributed by atoms with E-state index in [4.69, 9.17) is 14.6 Å². The second kappa shape index (κ2) is 3.14. The molecule has 0 radical (unpaired) electrons. The Labute approximate surface area is 60.3 Å². The molecule has 1 heterocycles. The van der Waals surface area contributed by atoms with Gasteiger partial charge in [-0.2, -0.15) is 0 Å². The van der Waals surface area contributed by atoms with Crippen LogP contribution in [0.3, 0.4) is 0 Å². The van der Waals surface area contributed by atoms with Crippen LogP contribution in [0.5, 0.6) is 0 Å². The average molecular weight is 144 g/mol. The molecule has 0 aromatic heterocycles. The number of aliphatic hydroxyl groups excluding tert-OH is 1. The standard InChI is InChI=1S/C7H12O3/c1-2-7(5-9-6-7)10-4-3-8/h2,8H,1,3-6H2. The van der Waals surface area contributed by atoms with Crippen LogP contribution < -0.4 is 0 Å². The average Bonchev–Trinajstić information content (AvgIpc) is 1.87. The molecule has 1 N–H and O–H groups in total. The molecule has 1 aliphatic heterocycles. The highest BCUT2D eigenvalue weighted by atomic mass is 16.6. The molecule has 0 aromatic carbocycles. The lowest BCUT2D eigenvalue weighted by Crippen LogP contribution is -2.50. The van der Waals surface area contributed by atoms with Crippen LogP contribution in [0.1, 0.15) is 0 Å². The highest BCUT2D eigenvalue weighted by molar-refractivity contribution is 5.02. The highest BCUT2D eigenvalue weighted by Gasteiger charge is 2.36. The van der Waals surface area contributed by atoms with Gasteiger partial charge in [-0.05, 0) is 0 Å². The van der Waals surface area contributed by atoms with Gasteiger partial charge in [0.25, 0.3) is 0 Å². The molecule has 0 atom stereocenters. The van der Waals surface area contributed by atoms with Crippen LogP contribution in [-0.2, 0) is 9.47 Å². The lowest BCUT2D eigenvalue weighted by Gasteiger charge is -2.38. The first-order valence-corrected chi connectivity index (χ1v) is 3.29. The molecule has 1 rings (SSSR count). The van der Waals surface area contributed by atoms with E-state index >= 15 is 0 Å². The fourth-order valence-electron chi connectivity index (χ4n) is 0.812. The molecule has 58 valence electrons. The molecular weight excluding hydrogens is 132 g/mol. The monoisotopic (exact) mass is 144 g/mol. The van der Waals surface area contributed by atoms with Gasteiger partial charge in [0.2, 0.25) is 0 Å². The van der Waals surface area contributed by atoms with Crippen LogP contribution in [0.4, 0.5) is 0 Å². The Bertz CT molecular complexity index is 118. The second-order valence-electron chi connectivity index (χ2n) is 2.33. The Morgan fingerprint density at radius 2 is 2.40 bits per heavy atom. The van der Waals surface area contributed by atoms with E-state index in [0.717, 1.165) is 0 Å². The van der Waals surface area contributed by atoms with Gasteiger partial charge in [-0.15, -0.1) is 6.58 Å². The van der Waals surface area contributed by atoms with Crippen LogP contribution in [0, 0.1) is 0 Å². The zero-order valence-corrected chi connectivity index (χ0v) is 5.88. The predicted molar refractivity (Wildman–Crippen MR) is 36.8 cm³/mol. The first kappa shape index (κ1) is 7.72. The van der Waals surface area contributed by atoms with Gasteiger partial charge in [-0.25, -0.2) is 0 Å². The molecule has 0 saturated carbocycles. The molecule has 1 saturated heterocycles. The fourth-order valence-corrected chi connectivity index (χ4v) is 0.812. The fraction of sp³-hybridized carbons (Fsp3) is 0.714. The quantitative estimate of drug-likeness (QED) is 0.562. The zero-order chi connectivity index (χ0) is 7.45. The van der Waals surface area contributed by atoms with Gasteiger partial charge in [-0.1, -0.05) is 6.08 Å². The Morgan fingerprint density at radius 1 is 1.70 bits per heavy atom. The third-order valence-corrected chi connectivity index (χ3v) is 1.55. The van der Waals surface area contributed by atoms with Crippen molar-refractivity contribution in [1.82, 2.24) is 0 Å². The van der Waals surface area contributed by atoms with Crippen molar-refractivity contribution in [1.29, 1.82) is 0 Å². The van der Waals surface area contributed by atoms with Gasteiger partial charge in [0.05, 0.1) is 26.4 Å². The molecular formula is C7H12O3. The van der Waals surface area contributed by atoms with Gasteiger partial charge >= 0.3 is 0 Å². The van der Waals surface area contributed by atoms with E-state index in [9.17, 15) is 0 Å². The van der Waals surface area contributed by atoms with E-state index in [1.54, 1.807) is 6.08 Å². The third-order valence-electron chi connectivity index (χ3n) is 1.55. The van der Waals surface area contributed by atoms with E-state index in [2.05, 4.69) is 6.58 Å². The summed E-state index contributed by atoms with van der Waals surface area (Å²) in [4.78, 5) is 0. The van der Waals surface area contributed by atoms with Crippen molar-refractivity contribution in [2.75, 3.05) is 26.4 Å². The van der Waals surface area contributed by atoms with Crippen molar-refractivity contribution in [3.63, 3.8) is 0 Å². The summed E-state index contributed by atoms with van der Waals surface area (Å²) < 4.78 is 10.2. The van der Waals surface area contributed by atoms with E-state index in [0.29, 0.717) is 19.8 Å². The smallest absolute Gasteiger partial charge is 0.132 e. The first-order valence-electron chi connectivity index (χ1n) is 3.29. The molecule has 1 aliphatic rings. The number of rotatable bonds is 4. The maximum absolute atomic E-state index is 8.44. The van der Waals surface area contributed by atoms with Gasteiger partial charge in [0.15, 0.2) is 0 Å². The molecule has 0 spiro atoms. The number of hydrogen-bond donors (Lipinski definition) is 1. The van der Waals surface area contributed by atoms with Crippen LogP contribution in [0.15, 0.2) is 12.7 Å². The van der Waals surface area contributed by atoms with E-state index < -0.39 is 0 Å². The summed E-state index contributed by atoms with van der Waals surface area (Å²) in [5, 5.41) is 8.44. The molecule has 0 aliphatic carbocycles. The van der Waals surface area contributed by atoms with E-state index in [1.165, 1.54) is 0 Å². The largest absolute Gasteiger partial charge is 0.394 e. The molecule has 10 heavy (non-hydrogen) atoms. The van der Waals surface area contributed by atoms with Crippen LogP contribution in [-0.4, -0.2) is 37.1 Å². The molecule has 3 nitrogen and oxygen atoms in total. The van der Waals surface area contributed by atoms with Crippen LogP contribution in [0.25, 0.3) is 0 Å². The predicted octanol–water partition coefficient (Wildman–Crippen LogP) is -0.0497. The molecule has 0 aromatic rings.